The van der Waals surface area contributed by atoms with E-state index in [9.17, 15) is 48.3 Å². The Morgan fingerprint density at radius 2 is 1.46 bits per heavy atom. The number of ether oxygens (including phenoxy) is 2. The van der Waals surface area contributed by atoms with Gasteiger partial charge in [-0.25, -0.2) is 9.59 Å². The molecule has 0 aromatic heterocycles. The highest BCUT2D eigenvalue weighted by Crippen LogP contribution is 2.26. The number of hydrogen-bond acceptors (Lipinski definition) is 12. The summed E-state index contributed by atoms with van der Waals surface area (Å²) in [5.74, 6) is -7.50. The van der Waals surface area contributed by atoms with E-state index in [1.165, 1.54) is 45.8 Å². The van der Waals surface area contributed by atoms with Crippen LogP contribution in [0.15, 0.2) is 73.3 Å². The Bertz CT molecular complexity index is 2190. The summed E-state index contributed by atoms with van der Waals surface area (Å²) < 4.78 is 11.2. The van der Waals surface area contributed by atoms with Crippen molar-refractivity contribution in [1.29, 1.82) is 0 Å². The molecule has 0 aliphatic carbocycles. The number of esters is 1. The number of cyclic esters (lactones) is 1. The van der Waals surface area contributed by atoms with Crippen LogP contribution in [0.4, 0.5) is 4.79 Å². The standard InChI is InChI=1S/C50H70N8O12/c1-11-18-35-44(62)53-36-23-24-39(59)58(47(36)65)38(25-28(2)3)48(66)57(10)37(26-33-19-14-12-15-20-33)45(63)54-40(29(4)5)49(67)70-32(8)41(46(64)52-35)55-42(60)30(6)51-43(61)31(7)56(9)50(68)69-27-34-21-16-13-17-22-34/h11-17,19-22,28-32,35-41,59H,1,18,23-27H2,2-10H3,(H,51,61)(H,52,64)(H,53,62)(H,54,63)(H,55,60)/t30-,31-,32+,35-,36-,37-,38-,39+,40-,41-/m0/s1. The number of nitrogens with zero attached hydrogens (tertiary/aromatic N) is 3. The average Bonchev–Trinajstić information content (AvgIpc) is 3.32. The van der Waals surface area contributed by atoms with E-state index in [0.29, 0.717) is 5.56 Å². The predicted molar refractivity (Wildman–Crippen MR) is 256 cm³/mol. The molecule has 2 aliphatic rings. The van der Waals surface area contributed by atoms with Crippen molar-refractivity contribution in [1.82, 2.24) is 41.3 Å². The van der Waals surface area contributed by atoms with Gasteiger partial charge in [0.1, 0.15) is 67.3 Å². The molecule has 6 N–H and O–H groups in total. The third-order valence-corrected chi connectivity index (χ3v) is 12.4. The molecule has 0 spiro atoms. The first kappa shape index (κ1) is 55.8. The van der Waals surface area contributed by atoms with Gasteiger partial charge in [0.15, 0.2) is 0 Å². The maximum atomic E-state index is 14.7. The van der Waals surface area contributed by atoms with E-state index < -0.39 is 120 Å². The third kappa shape index (κ3) is 14.8. The van der Waals surface area contributed by atoms with E-state index in [2.05, 4.69) is 33.2 Å². The lowest BCUT2D eigenvalue weighted by atomic mass is 9.94. The summed E-state index contributed by atoms with van der Waals surface area (Å²) in [5.41, 5.74) is 1.40. The van der Waals surface area contributed by atoms with Crippen molar-refractivity contribution in [2.24, 2.45) is 11.8 Å². The van der Waals surface area contributed by atoms with Crippen molar-refractivity contribution in [3.63, 3.8) is 0 Å². The van der Waals surface area contributed by atoms with E-state index in [0.717, 1.165) is 15.4 Å². The molecule has 2 aromatic rings. The van der Waals surface area contributed by atoms with Crippen LogP contribution >= 0.6 is 0 Å². The van der Waals surface area contributed by atoms with E-state index in [1.54, 1.807) is 68.4 Å². The maximum Gasteiger partial charge on any atom is 0.410 e. The number of aliphatic hydroxyl groups excluding tert-OH is 1. The minimum absolute atomic E-state index is 0.0180. The molecule has 0 saturated carbocycles. The van der Waals surface area contributed by atoms with Crippen molar-refractivity contribution in [3.8, 4) is 0 Å². The fourth-order valence-corrected chi connectivity index (χ4v) is 8.04. The van der Waals surface area contributed by atoms with Crippen molar-refractivity contribution in [2.75, 3.05) is 14.1 Å². The SMILES string of the molecule is C=CC[C@@H]1NC(=O)[C@@H](NC(=O)[C@H](C)NC(=O)[C@H](C)N(C)C(=O)OCc2ccccc2)[C@@H](C)OC(=O)[C@H](C(C)C)NC(=O)[C@H](Cc2ccccc2)N(C)C(=O)[C@H](CC(C)C)N2C(=O)[C@H](CC[C@H]2O)NC1=O. The van der Waals surface area contributed by atoms with Gasteiger partial charge in [-0.2, -0.15) is 0 Å². The first-order valence-electron chi connectivity index (χ1n) is 23.6. The van der Waals surface area contributed by atoms with Gasteiger partial charge >= 0.3 is 12.1 Å². The van der Waals surface area contributed by atoms with Crippen molar-refractivity contribution < 1.29 is 57.7 Å². The van der Waals surface area contributed by atoms with Gasteiger partial charge in [-0.15, -0.1) is 6.58 Å². The molecule has 2 bridgehead atoms. The van der Waals surface area contributed by atoms with Gasteiger partial charge in [-0.1, -0.05) is 94.4 Å². The lowest BCUT2D eigenvalue weighted by Gasteiger charge is -2.43. The second-order valence-corrected chi connectivity index (χ2v) is 18.7. The number of benzene rings is 2. The Morgan fingerprint density at radius 1 is 0.843 bits per heavy atom. The van der Waals surface area contributed by atoms with Gasteiger partial charge in [-0.3, -0.25) is 38.5 Å². The highest BCUT2D eigenvalue weighted by Gasteiger charge is 2.46. The number of hydrogen-bond donors (Lipinski definition) is 6. The van der Waals surface area contributed by atoms with Gasteiger partial charge in [0.2, 0.25) is 41.4 Å². The fraction of sp³-hybridized carbons (Fsp3) is 0.540. The van der Waals surface area contributed by atoms with Gasteiger partial charge < -0.3 is 51.0 Å². The zero-order chi connectivity index (χ0) is 52.0. The summed E-state index contributed by atoms with van der Waals surface area (Å²) in [7, 11) is 2.76. The first-order chi connectivity index (χ1) is 33.0. The van der Waals surface area contributed by atoms with E-state index in [1.807, 2.05) is 19.9 Å². The van der Waals surface area contributed by atoms with Crippen LogP contribution in [0.2, 0.25) is 0 Å². The number of piperidine rings is 1. The molecule has 0 radical (unpaired) electrons. The molecule has 2 aliphatic heterocycles. The number of rotatable bonds is 14. The number of aliphatic hydroxyl groups is 1. The lowest BCUT2D eigenvalue weighted by Crippen LogP contribution is -2.65. The zero-order valence-electron chi connectivity index (χ0n) is 41.5. The first-order valence-corrected chi connectivity index (χ1v) is 23.6. The van der Waals surface area contributed by atoms with Crippen LogP contribution in [-0.2, 0) is 60.9 Å². The third-order valence-electron chi connectivity index (χ3n) is 12.4. The van der Waals surface area contributed by atoms with Crippen LogP contribution in [0.1, 0.15) is 85.3 Å². The molecule has 8 amide bonds. The molecule has 2 saturated heterocycles. The van der Waals surface area contributed by atoms with Crippen molar-refractivity contribution in [3.05, 3.63) is 84.4 Å². The molecule has 2 fully saturated rings. The second-order valence-electron chi connectivity index (χ2n) is 18.7. The number of nitrogens with one attached hydrogen (secondary N) is 5. The van der Waals surface area contributed by atoms with Crippen LogP contribution in [0, 0.1) is 11.8 Å². The Morgan fingerprint density at radius 3 is 2.04 bits per heavy atom. The smallest absolute Gasteiger partial charge is 0.410 e. The Balaban J connectivity index is 1.70. The average molecular weight is 975 g/mol. The number of carbonyl (C=O) groups is 9. The summed E-state index contributed by atoms with van der Waals surface area (Å²) in [6.07, 6.45) is -2.54. The molecule has 2 heterocycles. The van der Waals surface area contributed by atoms with E-state index >= 15 is 0 Å². The molecule has 382 valence electrons. The van der Waals surface area contributed by atoms with Crippen LogP contribution < -0.4 is 26.6 Å². The van der Waals surface area contributed by atoms with E-state index in [-0.39, 0.29) is 44.6 Å². The highest BCUT2D eigenvalue weighted by molar-refractivity contribution is 5.98. The largest absolute Gasteiger partial charge is 0.458 e. The molecule has 70 heavy (non-hydrogen) atoms. The predicted octanol–water partition coefficient (Wildman–Crippen LogP) is 1.69. The molecule has 20 nitrogen and oxygen atoms in total. The monoisotopic (exact) mass is 975 g/mol. The highest BCUT2D eigenvalue weighted by atomic mass is 16.6. The van der Waals surface area contributed by atoms with Crippen LogP contribution in [0.25, 0.3) is 0 Å². The molecule has 4 rings (SSSR count). The van der Waals surface area contributed by atoms with Crippen LogP contribution in [0.3, 0.4) is 0 Å². The molecule has 20 heteroatoms. The summed E-state index contributed by atoms with van der Waals surface area (Å²) in [4.78, 5) is 130. The minimum atomic E-state index is -1.73. The molecule has 0 unspecified atom stereocenters. The van der Waals surface area contributed by atoms with Crippen LogP contribution in [0.5, 0.6) is 0 Å². The molecule has 10 atom stereocenters. The Kier molecular flexibility index (Phi) is 20.5. The number of amides is 8. The minimum Gasteiger partial charge on any atom is -0.458 e. The van der Waals surface area contributed by atoms with Crippen molar-refractivity contribution in [2.45, 2.75) is 148 Å². The summed E-state index contributed by atoms with van der Waals surface area (Å²) in [6.45, 7) is 14.7. The second kappa shape index (κ2) is 25.7. The number of likely N-dealkylation sites (N-methyl/N-ethyl adjacent to an activating group) is 2. The normalized spacial score (nSPS) is 24.9. The molecule has 2 aromatic carbocycles. The summed E-state index contributed by atoms with van der Waals surface area (Å²) in [5, 5.41) is 24.4. The van der Waals surface area contributed by atoms with Crippen molar-refractivity contribution >= 4 is 53.4 Å². The quantitative estimate of drug-likeness (QED) is 0.117. The molecular formula is C50H70N8O12. The van der Waals surface area contributed by atoms with E-state index in [4.69, 9.17) is 9.47 Å². The fourth-order valence-electron chi connectivity index (χ4n) is 8.04. The van der Waals surface area contributed by atoms with Gasteiger partial charge in [-0.05, 0) is 69.4 Å². The maximum absolute atomic E-state index is 14.7. The summed E-state index contributed by atoms with van der Waals surface area (Å²) in [6, 6.07) is 6.98. The lowest BCUT2D eigenvalue weighted by molar-refractivity contribution is -0.166. The van der Waals surface area contributed by atoms with Gasteiger partial charge in [0.05, 0.1) is 0 Å². The summed E-state index contributed by atoms with van der Waals surface area (Å²) >= 11 is 0. The number of carbonyl (C=O) groups excluding carboxylic acids is 9. The molecular weight excluding hydrogens is 905 g/mol. The number of fused-ring (bicyclic) bond motifs is 2. The van der Waals surface area contributed by atoms with Gasteiger partial charge in [0, 0.05) is 20.5 Å². The Hall–Kier alpha value is -6.83. The Labute approximate surface area is 409 Å². The van der Waals surface area contributed by atoms with Crippen LogP contribution in [-0.4, -0.2) is 148 Å². The van der Waals surface area contributed by atoms with Gasteiger partial charge in [0.25, 0.3) is 0 Å². The zero-order valence-corrected chi connectivity index (χ0v) is 41.5. The topological polar surface area (TPSA) is 262 Å².